The number of hydrogen-bond acceptors (Lipinski definition) is 3. The molecule has 1 aliphatic carbocycles. The van der Waals surface area contributed by atoms with Crippen LogP contribution in [0, 0.1) is 5.92 Å². The fourth-order valence-corrected chi connectivity index (χ4v) is 4.64. The maximum atomic E-state index is 6.23. The number of fused-ring (bicyclic) bond motifs is 1. The van der Waals surface area contributed by atoms with Crippen LogP contribution < -0.4 is 5.73 Å². The quantitative estimate of drug-likeness (QED) is 0.810. The third-order valence-corrected chi connectivity index (χ3v) is 5.92. The first kappa shape index (κ1) is 12.9. The summed E-state index contributed by atoms with van der Waals surface area (Å²) in [5, 5.41) is 0. The molecular formula is C15H29N3. The van der Waals surface area contributed by atoms with Gasteiger partial charge in [0.25, 0.3) is 0 Å². The lowest BCUT2D eigenvalue weighted by molar-refractivity contribution is 0.00892. The molecule has 0 amide bonds. The second-order valence-corrected chi connectivity index (χ2v) is 6.83. The highest BCUT2D eigenvalue weighted by Gasteiger charge is 2.46. The lowest BCUT2D eigenvalue weighted by atomic mass is 9.81. The predicted octanol–water partition coefficient (Wildman–Crippen LogP) is 1.67. The van der Waals surface area contributed by atoms with E-state index in [-0.39, 0.29) is 0 Å². The van der Waals surface area contributed by atoms with Crippen LogP contribution in [0.5, 0.6) is 0 Å². The largest absolute Gasteiger partial charge is 0.329 e. The van der Waals surface area contributed by atoms with E-state index >= 15 is 0 Å². The van der Waals surface area contributed by atoms with Crippen LogP contribution in [-0.2, 0) is 0 Å². The summed E-state index contributed by atoms with van der Waals surface area (Å²) >= 11 is 0. The van der Waals surface area contributed by atoms with Crippen LogP contribution in [0.2, 0.25) is 0 Å². The molecule has 3 rings (SSSR count). The minimum absolute atomic E-state index is 0.337. The highest BCUT2D eigenvalue weighted by atomic mass is 15.3. The Labute approximate surface area is 112 Å². The summed E-state index contributed by atoms with van der Waals surface area (Å²) in [5.41, 5.74) is 6.56. The fourth-order valence-electron chi connectivity index (χ4n) is 4.64. The molecule has 1 saturated carbocycles. The number of nitrogens with two attached hydrogens (primary N) is 1. The van der Waals surface area contributed by atoms with E-state index in [0.717, 1.165) is 18.5 Å². The van der Waals surface area contributed by atoms with E-state index in [1.165, 1.54) is 64.6 Å². The zero-order valence-electron chi connectivity index (χ0n) is 11.9. The van der Waals surface area contributed by atoms with Gasteiger partial charge in [-0.25, -0.2) is 0 Å². The van der Waals surface area contributed by atoms with Crippen LogP contribution >= 0.6 is 0 Å². The lowest BCUT2D eigenvalue weighted by Gasteiger charge is -2.50. The van der Waals surface area contributed by atoms with Crippen LogP contribution in [0.15, 0.2) is 0 Å². The number of piperidine rings is 1. The zero-order chi connectivity index (χ0) is 12.6. The van der Waals surface area contributed by atoms with Gasteiger partial charge in [0.1, 0.15) is 0 Å². The third-order valence-electron chi connectivity index (χ3n) is 5.92. The van der Waals surface area contributed by atoms with Gasteiger partial charge in [-0.15, -0.1) is 0 Å². The topological polar surface area (TPSA) is 32.5 Å². The number of hydrogen-bond donors (Lipinski definition) is 1. The van der Waals surface area contributed by atoms with Crippen molar-refractivity contribution in [2.24, 2.45) is 11.7 Å². The van der Waals surface area contributed by atoms with E-state index in [1.807, 2.05) is 0 Å². The van der Waals surface area contributed by atoms with Crippen LogP contribution in [0.25, 0.3) is 0 Å². The molecule has 0 spiro atoms. The van der Waals surface area contributed by atoms with Gasteiger partial charge in [0.05, 0.1) is 0 Å². The Hall–Kier alpha value is -0.120. The lowest BCUT2D eigenvalue weighted by Crippen LogP contribution is -2.61. The number of rotatable bonds is 2. The molecule has 3 heteroatoms. The van der Waals surface area contributed by atoms with E-state index in [0.29, 0.717) is 5.54 Å². The molecule has 104 valence electrons. The standard InChI is InChI=1S/C15H29N3/c1-17-10-7-15(12-16,8-11-17)18-9-6-13-4-2-3-5-14(13)18/h13-14H,2-12,16H2,1H3. The van der Waals surface area contributed by atoms with Crippen LogP contribution in [-0.4, -0.2) is 54.6 Å². The molecule has 3 fully saturated rings. The van der Waals surface area contributed by atoms with E-state index in [9.17, 15) is 0 Å². The maximum Gasteiger partial charge on any atom is 0.0359 e. The van der Waals surface area contributed by atoms with Crippen molar-refractivity contribution >= 4 is 0 Å². The average molecular weight is 251 g/mol. The first-order chi connectivity index (χ1) is 8.75. The molecule has 18 heavy (non-hydrogen) atoms. The van der Waals surface area contributed by atoms with Gasteiger partial charge in [-0.05, 0) is 64.7 Å². The van der Waals surface area contributed by atoms with Crippen molar-refractivity contribution in [3.05, 3.63) is 0 Å². The van der Waals surface area contributed by atoms with Crippen LogP contribution in [0.1, 0.15) is 44.9 Å². The SMILES string of the molecule is CN1CCC(CN)(N2CCC3CCCCC32)CC1. The third kappa shape index (κ3) is 2.10. The Bertz CT molecular complexity index is 283. The monoisotopic (exact) mass is 251 g/mol. The van der Waals surface area contributed by atoms with Gasteiger partial charge in [-0.3, -0.25) is 4.90 Å². The smallest absolute Gasteiger partial charge is 0.0359 e. The Kier molecular flexibility index (Phi) is 3.65. The van der Waals surface area contributed by atoms with E-state index in [2.05, 4.69) is 16.8 Å². The van der Waals surface area contributed by atoms with E-state index in [1.54, 1.807) is 0 Å². The highest BCUT2D eigenvalue weighted by molar-refractivity contribution is 5.03. The van der Waals surface area contributed by atoms with E-state index < -0.39 is 0 Å². The molecule has 2 aliphatic heterocycles. The summed E-state index contributed by atoms with van der Waals surface area (Å²) in [6.07, 6.45) is 9.81. The molecule has 2 saturated heterocycles. The summed E-state index contributed by atoms with van der Waals surface area (Å²) in [6, 6.07) is 0.866. The van der Waals surface area contributed by atoms with Gasteiger partial charge in [-0.1, -0.05) is 12.8 Å². The molecule has 2 atom stereocenters. The first-order valence-corrected chi connectivity index (χ1v) is 7.90. The molecule has 2 unspecified atom stereocenters. The molecule has 0 aromatic carbocycles. The molecular weight excluding hydrogens is 222 g/mol. The van der Waals surface area contributed by atoms with Gasteiger partial charge < -0.3 is 10.6 Å². The zero-order valence-corrected chi connectivity index (χ0v) is 11.9. The Morgan fingerprint density at radius 1 is 1.06 bits per heavy atom. The Balaban J connectivity index is 1.75. The van der Waals surface area contributed by atoms with Gasteiger partial charge >= 0.3 is 0 Å². The normalized spacial score (nSPS) is 37.7. The molecule has 2 N–H and O–H groups in total. The molecule has 0 aromatic heterocycles. The molecule has 0 radical (unpaired) electrons. The van der Waals surface area contributed by atoms with E-state index in [4.69, 9.17) is 5.73 Å². The van der Waals surface area contributed by atoms with Crippen molar-refractivity contribution in [1.82, 2.24) is 9.80 Å². The Morgan fingerprint density at radius 3 is 2.50 bits per heavy atom. The van der Waals surface area contributed by atoms with Crippen molar-refractivity contribution in [1.29, 1.82) is 0 Å². The van der Waals surface area contributed by atoms with Gasteiger partial charge in [-0.2, -0.15) is 0 Å². The second-order valence-electron chi connectivity index (χ2n) is 6.83. The summed E-state index contributed by atoms with van der Waals surface area (Å²) in [5.74, 6) is 0.988. The van der Waals surface area contributed by atoms with Crippen molar-refractivity contribution in [3.63, 3.8) is 0 Å². The summed E-state index contributed by atoms with van der Waals surface area (Å²) in [4.78, 5) is 5.31. The van der Waals surface area contributed by atoms with Gasteiger partial charge in [0.2, 0.25) is 0 Å². The van der Waals surface area contributed by atoms with Crippen molar-refractivity contribution in [3.8, 4) is 0 Å². The Morgan fingerprint density at radius 2 is 1.78 bits per heavy atom. The molecule has 0 bridgehead atoms. The molecule has 3 nitrogen and oxygen atoms in total. The number of nitrogens with zero attached hydrogens (tertiary/aromatic N) is 2. The van der Waals surface area contributed by atoms with Crippen LogP contribution in [0.4, 0.5) is 0 Å². The minimum atomic E-state index is 0.337. The van der Waals surface area contributed by atoms with Crippen molar-refractivity contribution in [2.75, 3.05) is 33.2 Å². The summed E-state index contributed by atoms with van der Waals surface area (Å²) < 4.78 is 0. The maximum absolute atomic E-state index is 6.23. The van der Waals surface area contributed by atoms with Crippen molar-refractivity contribution < 1.29 is 0 Å². The molecule has 0 aromatic rings. The van der Waals surface area contributed by atoms with Crippen LogP contribution in [0.3, 0.4) is 0 Å². The average Bonchev–Trinajstić information content (AvgIpc) is 2.85. The minimum Gasteiger partial charge on any atom is -0.329 e. The summed E-state index contributed by atoms with van der Waals surface area (Å²) in [7, 11) is 2.24. The fraction of sp³-hybridized carbons (Fsp3) is 1.00. The summed E-state index contributed by atoms with van der Waals surface area (Å²) in [6.45, 7) is 4.64. The second kappa shape index (κ2) is 5.10. The predicted molar refractivity (Wildman–Crippen MR) is 75.6 cm³/mol. The van der Waals surface area contributed by atoms with Gasteiger partial charge in [0.15, 0.2) is 0 Å². The first-order valence-electron chi connectivity index (χ1n) is 7.90. The number of likely N-dealkylation sites (tertiary alicyclic amines) is 2. The highest BCUT2D eigenvalue weighted by Crippen LogP contribution is 2.42. The van der Waals surface area contributed by atoms with Crippen molar-refractivity contribution in [2.45, 2.75) is 56.5 Å². The van der Waals surface area contributed by atoms with Gasteiger partial charge in [0, 0.05) is 18.1 Å². The molecule has 2 heterocycles. The molecule has 3 aliphatic rings.